The number of hydrogen-bond donors (Lipinski definition) is 0. The van der Waals surface area contributed by atoms with E-state index in [0.717, 1.165) is 18.5 Å². The molecule has 0 N–H and O–H groups in total. The van der Waals surface area contributed by atoms with E-state index in [-0.39, 0.29) is 5.91 Å². The highest BCUT2D eigenvalue weighted by molar-refractivity contribution is 5.86. The lowest BCUT2D eigenvalue weighted by Crippen LogP contribution is -2.37. The molecule has 3 heteroatoms. The molecule has 0 atom stereocenters. The zero-order valence-corrected chi connectivity index (χ0v) is 14.2. The van der Waals surface area contributed by atoms with E-state index >= 15 is 0 Å². The zero-order chi connectivity index (χ0) is 16.7. The Labute approximate surface area is 142 Å². The Morgan fingerprint density at radius 3 is 2.67 bits per heavy atom. The highest BCUT2D eigenvalue weighted by Gasteiger charge is 2.25. The molecule has 0 bridgehead atoms. The Hall–Kier alpha value is -2.55. The Kier molecular flexibility index (Phi) is 3.64. The molecule has 3 nitrogen and oxygen atoms in total. The van der Waals surface area contributed by atoms with Crippen molar-refractivity contribution >= 4 is 16.8 Å². The van der Waals surface area contributed by atoms with Crippen LogP contribution in [0, 0.1) is 6.92 Å². The first-order valence-corrected chi connectivity index (χ1v) is 8.52. The highest BCUT2D eigenvalue weighted by Crippen LogP contribution is 2.30. The van der Waals surface area contributed by atoms with Crippen LogP contribution in [0.3, 0.4) is 0 Å². The molecule has 0 fully saturated rings. The van der Waals surface area contributed by atoms with Crippen LogP contribution < -0.4 is 0 Å². The van der Waals surface area contributed by atoms with E-state index < -0.39 is 0 Å². The van der Waals surface area contributed by atoms with Gasteiger partial charge in [0, 0.05) is 30.2 Å². The average Bonchev–Trinajstić information content (AvgIpc) is 2.90. The van der Waals surface area contributed by atoms with Crippen LogP contribution in [0.5, 0.6) is 0 Å². The van der Waals surface area contributed by atoms with Gasteiger partial charge in [-0.2, -0.15) is 0 Å². The third-order valence-electron chi connectivity index (χ3n) is 5.27. The van der Waals surface area contributed by atoms with E-state index in [4.69, 9.17) is 0 Å². The van der Waals surface area contributed by atoms with Crippen molar-refractivity contribution in [2.24, 2.45) is 7.05 Å². The van der Waals surface area contributed by atoms with Gasteiger partial charge in [-0.1, -0.05) is 42.5 Å². The number of fused-ring (bicyclic) bond motifs is 3. The van der Waals surface area contributed by atoms with E-state index in [2.05, 4.69) is 54.9 Å². The minimum Gasteiger partial charge on any atom is -0.346 e. The Morgan fingerprint density at radius 2 is 1.83 bits per heavy atom. The van der Waals surface area contributed by atoms with E-state index in [9.17, 15) is 4.79 Å². The zero-order valence-electron chi connectivity index (χ0n) is 14.2. The van der Waals surface area contributed by atoms with Gasteiger partial charge in [0.15, 0.2) is 0 Å². The summed E-state index contributed by atoms with van der Waals surface area (Å²) in [5.74, 6) is 0.222. The van der Waals surface area contributed by atoms with Crippen molar-refractivity contribution in [3.05, 3.63) is 70.9 Å². The Bertz CT molecular complexity index is 923. The monoisotopic (exact) mass is 318 g/mol. The SMILES string of the molecule is Cc1ccccc1CC(=O)N1CCc2c(n(C)c3ccccc23)C1. The minimum atomic E-state index is 0.222. The van der Waals surface area contributed by atoms with E-state index in [1.807, 2.05) is 17.0 Å². The number of carbonyl (C=O) groups is 1. The second-order valence-electron chi connectivity index (χ2n) is 6.67. The summed E-state index contributed by atoms with van der Waals surface area (Å²) in [6, 6.07) is 16.7. The minimum absolute atomic E-state index is 0.222. The lowest BCUT2D eigenvalue weighted by molar-refractivity contribution is -0.131. The number of aryl methyl sites for hydroxylation is 2. The summed E-state index contributed by atoms with van der Waals surface area (Å²) in [4.78, 5) is 14.8. The first-order chi connectivity index (χ1) is 11.6. The molecule has 1 amide bonds. The topological polar surface area (TPSA) is 25.2 Å². The summed E-state index contributed by atoms with van der Waals surface area (Å²) >= 11 is 0. The predicted molar refractivity (Wildman–Crippen MR) is 96.9 cm³/mol. The number of rotatable bonds is 2. The van der Waals surface area contributed by atoms with Crippen molar-refractivity contribution < 1.29 is 4.79 Å². The number of nitrogens with zero attached hydrogens (tertiary/aromatic N) is 2. The third-order valence-corrected chi connectivity index (χ3v) is 5.27. The van der Waals surface area contributed by atoms with Crippen LogP contribution in [-0.4, -0.2) is 21.9 Å². The van der Waals surface area contributed by atoms with Crippen molar-refractivity contribution in [2.45, 2.75) is 26.3 Å². The molecule has 0 spiro atoms. The molecule has 3 aromatic rings. The summed E-state index contributed by atoms with van der Waals surface area (Å²) < 4.78 is 2.25. The van der Waals surface area contributed by atoms with Gasteiger partial charge in [-0.3, -0.25) is 4.79 Å². The summed E-state index contributed by atoms with van der Waals surface area (Å²) in [7, 11) is 2.11. The molecular weight excluding hydrogens is 296 g/mol. The van der Waals surface area contributed by atoms with Gasteiger partial charge in [0.1, 0.15) is 0 Å². The normalized spacial score (nSPS) is 14.0. The van der Waals surface area contributed by atoms with E-state index in [1.54, 1.807) is 0 Å². The molecule has 0 aliphatic carbocycles. The fourth-order valence-electron chi connectivity index (χ4n) is 3.81. The fourth-order valence-corrected chi connectivity index (χ4v) is 3.81. The molecule has 4 rings (SSSR count). The molecule has 24 heavy (non-hydrogen) atoms. The molecule has 1 aliphatic rings. The van der Waals surface area contributed by atoms with Crippen LogP contribution in [-0.2, 0) is 31.2 Å². The third kappa shape index (κ3) is 2.41. The van der Waals surface area contributed by atoms with Gasteiger partial charge in [-0.05, 0) is 36.1 Å². The lowest BCUT2D eigenvalue weighted by atomic mass is 10.0. The smallest absolute Gasteiger partial charge is 0.227 e. The largest absolute Gasteiger partial charge is 0.346 e. The first-order valence-electron chi connectivity index (χ1n) is 8.52. The van der Waals surface area contributed by atoms with Crippen molar-refractivity contribution in [2.75, 3.05) is 6.54 Å². The Morgan fingerprint density at radius 1 is 1.08 bits per heavy atom. The van der Waals surface area contributed by atoms with Gasteiger partial charge < -0.3 is 9.47 Å². The maximum atomic E-state index is 12.8. The number of hydrogen-bond acceptors (Lipinski definition) is 1. The van der Waals surface area contributed by atoms with Crippen molar-refractivity contribution in [1.82, 2.24) is 9.47 Å². The molecule has 2 heterocycles. The van der Waals surface area contributed by atoms with Crippen molar-refractivity contribution in [3.8, 4) is 0 Å². The van der Waals surface area contributed by atoms with Crippen LogP contribution in [0.4, 0.5) is 0 Å². The summed E-state index contributed by atoms with van der Waals surface area (Å²) in [6.07, 6.45) is 1.43. The number of amides is 1. The second-order valence-corrected chi connectivity index (χ2v) is 6.67. The molecule has 0 saturated carbocycles. The van der Waals surface area contributed by atoms with Crippen molar-refractivity contribution in [3.63, 3.8) is 0 Å². The van der Waals surface area contributed by atoms with Gasteiger partial charge in [0.25, 0.3) is 0 Å². The maximum Gasteiger partial charge on any atom is 0.227 e. The highest BCUT2D eigenvalue weighted by atomic mass is 16.2. The van der Waals surface area contributed by atoms with Crippen LogP contribution in [0.15, 0.2) is 48.5 Å². The average molecular weight is 318 g/mol. The second kappa shape index (κ2) is 5.82. The number of aromatic nitrogens is 1. The van der Waals surface area contributed by atoms with Crippen LogP contribution >= 0.6 is 0 Å². The summed E-state index contributed by atoms with van der Waals surface area (Å²) in [5.41, 5.74) is 6.27. The van der Waals surface area contributed by atoms with Crippen molar-refractivity contribution in [1.29, 1.82) is 0 Å². The van der Waals surface area contributed by atoms with Gasteiger partial charge in [-0.25, -0.2) is 0 Å². The van der Waals surface area contributed by atoms with E-state index in [0.29, 0.717) is 13.0 Å². The molecule has 1 aromatic heterocycles. The summed E-state index contributed by atoms with van der Waals surface area (Å²) in [6.45, 7) is 3.60. The van der Waals surface area contributed by atoms with Crippen LogP contribution in [0.1, 0.15) is 22.4 Å². The molecule has 0 unspecified atom stereocenters. The van der Waals surface area contributed by atoms with Gasteiger partial charge in [0.05, 0.1) is 13.0 Å². The summed E-state index contributed by atoms with van der Waals surface area (Å²) in [5, 5.41) is 1.33. The number of benzene rings is 2. The van der Waals surface area contributed by atoms with Gasteiger partial charge in [0.2, 0.25) is 5.91 Å². The fraction of sp³-hybridized carbons (Fsp3) is 0.286. The molecule has 122 valence electrons. The standard InChI is InChI=1S/C21H22N2O/c1-15-7-3-4-8-16(15)13-21(24)23-12-11-18-17-9-5-6-10-19(17)22(2)20(18)14-23/h3-10H,11-14H2,1-2H3. The van der Waals surface area contributed by atoms with Crippen LogP contribution in [0.25, 0.3) is 10.9 Å². The predicted octanol–water partition coefficient (Wildman–Crippen LogP) is 3.61. The molecule has 0 radical (unpaired) electrons. The molecule has 0 saturated heterocycles. The molecular formula is C21H22N2O. The molecule has 2 aromatic carbocycles. The quantitative estimate of drug-likeness (QED) is 0.708. The first kappa shape index (κ1) is 15.0. The van der Waals surface area contributed by atoms with Crippen LogP contribution in [0.2, 0.25) is 0 Å². The maximum absolute atomic E-state index is 12.8. The lowest BCUT2D eigenvalue weighted by Gasteiger charge is -2.28. The number of para-hydroxylation sites is 1. The number of carbonyl (C=O) groups excluding carboxylic acids is 1. The van der Waals surface area contributed by atoms with Gasteiger partial charge >= 0.3 is 0 Å². The van der Waals surface area contributed by atoms with E-state index in [1.165, 1.54) is 27.7 Å². The molecule has 1 aliphatic heterocycles. The van der Waals surface area contributed by atoms with Gasteiger partial charge in [-0.15, -0.1) is 0 Å². The Balaban J connectivity index is 1.60.